The van der Waals surface area contributed by atoms with Crippen molar-refractivity contribution in [1.29, 1.82) is 0 Å². The predicted molar refractivity (Wildman–Crippen MR) is 67.8 cm³/mol. The molecule has 0 bridgehead atoms. The van der Waals surface area contributed by atoms with Crippen LogP contribution in [-0.4, -0.2) is 30.4 Å². The number of hydrogen-bond donors (Lipinski definition) is 0. The van der Waals surface area contributed by atoms with E-state index in [-0.39, 0.29) is 17.3 Å². The highest BCUT2D eigenvalue weighted by Crippen LogP contribution is 2.66. The van der Waals surface area contributed by atoms with Gasteiger partial charge in [-0.2, -0.15) is 0 Å². The van der Waals surface area contributed by atoms with Gasteiger partial charge in [0, 0.05) is 29.3 Å². The number of fused-ring (bicyclic) bond motifs is 1. The lowest BCUT2D eigenvalue weighted by Crippen LogP contribution is -2.33. The number of amides is 1. The fourth-order valence-corrected chi connectivity index (χ4v) is 3.67. The molecule has 1 amide bonds. The Balaban J connectivity index is 1.89. The number of piperidine rings is 1. The molecule has 0 N–H and O–H groups in total. The van der Waals surface area contributed by atoms with Gasteiger partial charge in [0.25, 0.3) is 0 Å². The van der Waals surface area contributed by atoms with Crippen molar-refractivity contribution in [3.63, 3.8) is 0 Å². The fourth-order valence-electron chi connectivity index (χ4n) is 3.67. The van der Waals surface area contributed by atoms with Crippen LogP contribution in [0.15, 0.2) is 36.0 Å². The Morgan fingerprint density at radius 2 is 2.21 bits per heavy atom. The average Bonchev–Trinajstić information content (AvgIpc) is 3.07. The van der Waals surface area contributed by atoms with Gasteiger partial charge in [0.15, 0.2) is 5.78 Å². The zero-order valence-corrected chi connectivity index (χ0v) is 10.6. The lowest BCUT2D eigenvalue weighted by molar-refractivity contribution is 0.103. The molecule has 2 fully saturated rings. The van der Waals surface area contributed by atoms with Crippen molar-refractivity contribution in [3.8, 4) is 0 Å². The highest BCUT2D eigenvalue weighted by molar-refractivity contribution is 6.09. The maximum absolute atomic E-state index is 12.2. The molecule has 1 aromatic carbocycles. The van der Waals surface area contributed by atoms with Crippen molar-refractivity contribution in [1.82, 2.24) is 4.90 Å². The van der Waals surface area contributed by atoms with Crippen LogP contribution >= 0.6 is 0 Å². The number of nitrogens with zero attached hydrogens (tertiary/aromatic N) is 1. The summed E-state index contributed by atoms with van der Waals surface area (Å²) in [5.74, 6) is 0.407. The van der Waals surface area contributed by atoms with Crippen LogP contribution in [0.3, 0.4) is 0 Å². The molecular weight excluding hydrogens is 242 g/mol. The second-order valence-electron chi connectivity index (χ2n) is 5.39. The number of carbonyl (C=O) groups excluding carboxylic acids is 2. The fraction of sp³-hybridized carbons (Fsp3) is 0.333. The molecule has 3 aliphatic rings. The van der Waals surface area contributed by atoms with Crippen LogP contribution in [0.4, 0.5) is 4.79 Å². The van der Waals surface area contributed by atoms with E-state index in [1.54, 1.807) is 11.0 Å². The van der Waals surface area contributed by atoms with Gasteiger partial charge in [-0.3, -0.25) is 9.69 Å². The van der Waals surface area contributed by atoms with Gasteiger partial charge >= 0.3 is 6.09 Å². The normalized spacial score (nSPS) is 30.2. The summed E-state index contributed by atoms with van der Waals surface area (Å²) in [7, 11) is 1.37. The monoisotopic (exact) mass is 255 g/mol. The number of ether oxygens (including phenoxy) is 1. The van der Waals surface area contributed by atoms with Gasteiger partial charge in [-0.1, -0.05) is 24.3 Å². The average molecular weight is 255 g/mol. The Kier molecular flexibility index (Phi) is 1.85. The van der Waals surface area contributed by atoms with E-state index in [0.29, 0.717) is 12.5 Å². The first-order valence-corrected chi connectivity index (χ1v) is 6.40. The molecule has 1 aromatic rings. The molecule has 4 heteroatoms. The van der Waals surface area contributed by atoms with Crippen molar-refractivity contribution in [2.75, 3.05) is 13.7 Å². The van der Waals surface area contributed by atoms with Crippen LogP contribution in [-0.2, 0) is 10.2 Å². The van der Waals surface area contributed by atoms with Crippen LogP contribution in [0.2, 0.25) is 0 Å². The largest absolute Gasteiger partial charge is 0.452 e. The van der Waals surface area contributed by atoms with Gasteiger partial charge in [-0.05, 0) is 17.9 Å². The summed E-state index contributed by atoms with van der Waals surface area (Å²) >= 11 is 0. The summed E-state index contributed by atoms with van der Waals surface area (Å²) in [6, 6.07) is 7.73. The Morgan fingerprint density at radius 1 is 1.42 bits per heavy atom. The second-order valence-corrected chi connectivity index (χ2v) is 5.39. The molecule has 2 atom stereocenters. The first-order chi connectivity index (χ1) is 9.18. The highest BCUT2D eigenvalue weighted by atomic mass is 16.5. The van der Waals surface area contributed by atoms with Gasteiger partial charge in [0.1, 0.15) is 0 Å². The van der Waals surface area contributed by atoms with E-state index in [0.717, 1.165) is 23.2 Å². The van der Waals surface area contributed by atoms with Crippen molar-refractivity contribution >= 4 is 11.9 Å². The lowest BCUT2D eigenvalue weighted by Gasteiger charge is -2.28. The number of rotatable bonds is 0. The molecule has 4 nitrogen and oxygen atoms in total. The third kappa shape index (κ3) is 1.14. The number of benzene rings is 1. The SMILES string of the molecule is COC(=O)N1C[C@H]2C[C@@]23C1=CC(=O)c1ccccc13. The minimum absolute atomic E-state index is 0.0160. The number of likely N-dealkylation sites (tertiary alicyclic amines) is 1. The molecule has 0 radical (unpaired) electrons. The van der Waals surface area contributed by atoms with Crippen LogP contribution < -0.4 is 0 Å². The molecule has 96 valence electrons. The minimum atomic E-state index is -0.370. The number of allylic oxidation sites excluding steroid dienone is 2. The van der Waals surface area contributed by atoms with E-state index in [9.17, 15) is 9.59 Å². The molecule has 4 rings (SSSR count). The van der Waals surface area contributed by atoms with Crippen LogP contribution in [0, 0.1) is 5.92 Å². The molecule has 1 heterocycles. The van der Waals surface area contributed by atoms with Gasteiger partial charge in [-0.15, -0.1) is 0 Å². The summed E-state index contributed by atoms with van der Waals surface area (Å²) < 4.78 is 4.81. The Morgan fingerprint density at radius 3 is 3.00 bits per heavy atom. The third-order valence-corrected chi connectivity index (χ3v) is 4.59. The molecule has 2 aliphatic carbocycles. The summed E-state index contributed by atoms with van der Waals surface area (Å²) in [5.41, 5.74) is 2.57. The highest BCUT2D eigenvalue weighted by Gasteiger charge is 2.67. The Hall–Kier alpha value is -2.10. The molecule has 19 heavy (non-hydrogen) atoms. The molecule has 1 aliphatic heterocycles. The zero-order chi connectivity index (χ0) is 13.2. The quantitative estimate of drug-likeness (QED) is 0.713. The second kappa shape index (κ2) is 3.26. The standard InChI is InChI=1S/C15H13NO3/c1-19-14(18)16-8-9-7-15(9)11-5-3-2-4-10(11)12(17)6-13(15)16/h2-6,9H,7-8H2,1H3/t9-,15-/m1/s1. The van der Waals surface area contributed by atoms with Crippen molar-refractivity contribution in [3.05, 3.63) is 47.2 Å². The number of ketones is 1. The van der Waals surface area contributed by atoms with Crippen LogP contribution in [0.5, 0.6) is 0 Å². The number of methoxy groups -OCH3 is 1. The van der Waals surface area contributed by atoms with E-state index in [2.05, 4.69) is 0 Å². The maximum Gasteiger partial charge on any atom is 0.413 e. The van der Waals surface area contributed by atoms with Gasteiger partial charge in [0.2, 0.25) is 0 Å². The molecule has 1 saturated carbocycles. The summed E-state index contributed by atoms with van der Waals surface area (Å²) in [6.45, 7) is 0.653. The number of hydrogen-bond acceptors (Lipinski definition) is 3. The van der Waals surface area contributed by atoms with E-state index < -0.39 is 0 Å². The Labute approximate surface area is 110 Å². The van der Waals surface area contributed by atoms with E-state index in [1.807, 2.05) is 24.3 Å². The molecule has 0 unspecified atom stereocenters. The zero-order valence-electron chi connectivity index (χ0n) is 10.6. The first-order valence-electron chi connectivity index (χ1n) is 6.40. The van der Waals surface area contributed by atoms with E-state index >= 15 is 0 Å². The summed E-state index contributed by atoms with van der Waals surface area (Å²) in [4.78, 5) is 25.6. The molecular formula is C15H13NO3. The van der Waals surface area contributed by atoms with Crippen molar-refractivity contribution < 1.29 is 14.3 Å². The van der Waals surface area contributed by atoms with Crippen LogP contribution in [0.25, 0.3) is 0 Å². The summed E-state index contributed by atoms with van der Waals surface area (Å²) in [6.07, 6.45) is 2.27. The molecule has 0 aromatic heterocycles. The van der Waals surface area contributed by atoms with Crippen molar-refractivity contribution in [2.24, 2.45) is 5.92 Å². The lowest BCUT2D eigenvalue weighted by atomic mass is 9.81. The topological polar surface area (TPSA) is 46.6 Å². The van der Waals surface area contributed by atoms with Crippen LogP contribution in [0.1, 0.15) is 22.3 Å². The van der Waals surface area contributed by atoms with Gasteiger partial charge in [-0.25, -0.2) is 4.79 Å². The predicted octanol–water partition coefficient (Wildman–Crippen LogP) is 2.11. The number of carbonyl (C=O) groups is 2. The van der Waals surface area contributed by atoms with Gasteiger partial charge in [0.05, 0.1) is 7.11 Å². The minimum Gasteiger partial charge on any atom is -0.452 e. The van der Waals surface area contributed by atoms with Crippen molar-refractivity contribution in [2.45, 2.75) is 11.8 Å². The smallest absolute Gasteiger partial charge is 0.413 e. The maximum atomic E-state index is 12.2. The summed E-state index contributed by atoms with van der Waals surface area (Å²) in [5, 5.41) is 0. The molecule has 1 spiro atoms. The van der Waals surface area contributed by atoms with Gasteiger partial charge < -0.3 is 4.74 Å². The third-order valence-electron chi connectivity index (χ3n) is 4.59. The first kappa shape index (κ1) is 10.8. The Bertz CT molecular complexity index is 649. The molecule has 1 saturated heterocycles. The van der Waals surface area contributed by atoms with E-state index in [4.69, 9.17) is 4.74 Å². The van der Waals surface area contributed by atoms with E-state index in [1.165, 1.54) is 7.11 Å².